The first-order chi connectivity index (χ1) is 9.47. The Morgan fingerprint density at radius 2 is 1.95 bits per heavy atom. The van der Waals surface area contributed by atoms with Gasteiger partial charge in [-0.3, -0.25) is 0 Å². The molecule has 0 aliphatic rings. The van der Waals surface area contributed by atoms with Crippen molar-refractivity contribution >= 4 is 23.3 Å². The van der Waals surface area contributed by atoms with E-state index in [2.05, 4.69) is 0 Å². The Labute approximate surface area is 118 Å². The van der Waals surface area contributed by atoms with E-state index >= 15 is 0 Å². The van der Waals surface area contributed by atoms with E-state index < -0.39 is 17.6 Å². The number of anilines is 1. The van der Waals surface area contributed by atoms with E-state index in [4.69, 9.17) is 22.1 Å². The molecule has 0 saturated carbocycles. The summed E-state index contributed by atoms with van der Waals surface area (Å²) in [5, 5.41) is 0.184. The van der Waals surface area contributed by atoms with Gasteiger partial charge in [0.2, 0.25) is 0 Å². The van der Waals surface area contributed by atoms with Gasteiger partial charge in [0, 0.05) is 17.3 Å². The van der Waals surface area contributed by atoms with Gasteiger partial charge in [-0.25, -0.2) is 13.6 Å². The second-order valence-corrected chi connectivity index (χ2v) is 4.46. The number of nitrogen functional groups attached to an aromatic ring is 1. The van der Waals surface area contributed by atoms with Crippen LogP contribution in [-0.4, -0.2) is 5.97 Å². The average molecular weight is 298 g/mol. The van der Waals surface area contributed by atoms with E-state index in [1.165, 1.54) is 18.2 Å². The number of halogens is 3. The van der Waals surface area contributed by atoms with Gasteiger partial charge in [0.15, 0.2) is 0 Å². The number of nitrogens with two attached hydrogens (primary N) is 1. The van der Waals surface area contributed by atoms with Crippen LogP contribution >= 0.6 is 11.6 Å². The molecule has 2 aromatic rings. The molecule has 2 rings (SSSR count). The molecular formula is C14H10ClF2NO2. The first kappa shape index (κ1) is 14.3. The van der Waals surface area contributed by atoms with Gasteiger partial charge in [-0.15, -0.1) is 0 Å². The van der Waals surface area contributed by atoms with Crippen LogP contribution in [0.25, 0.3) is 0 Å². The van der Waals surface area contributed by atoms with Crippen molar-refractivity contribution in [3.63, 3.8) is 0 Å². The maximum Gasteiger partial charge on any atom is 0.340 e. The van der Waals surface area contributed by atoms with Gasteiger partial charge in [0.05, 0.1) is 10.6 Å². The van der Waals surface area contributed by atoms with E-state index in [9.17, 15) is 13.6 Å². The zero-order valence-electron chi connectivity index (χ0n) is 10.2. The summed E-state index contributed by atoms with van der Waals surface area (Å²) in [6.45, 7) is -0.323. The summed E-state index contributed by atoms with van der Waals surface area (Å²) >= 11 is 5.84. The lowest BCUT2D eigenvalue weighted by molar-refractivity contribution is 0.0469. The highest BCUT2D eigenvalue weighted by Gasteiger charge is 2.13. The van der Waals surface area contributed by atoms with Gasteiger partial charge in [0.1, 0.15) is 18.2 Å². The quantitative estimate of drug-likeness (QED) is 0.696. The molecule has 0 spiro atoms. The summed E-state index contributed by atoms with van der Waals surface area (Å²) < 4.78 is 31.0. The third-order valence-electron chi connectivity index (χ3n) is 2.58. The van der Waals surface area contributed by atoms with E-state index in [-0.39, 0.29) is 22.8 Å². The molecule has 20 heavy (non-hydrogen) atoms. The number of carbonyl (C=O) groups is 1. The molecule has 6 heteroatoms. The van der Waals surface area contributed by atoms with Gasteiger partial charge in [0.25, 0.3) is 0 Å². The van der Waals surface area contributed by atoms with Crippen molar-refractivity contribution < 1.29 is 18.3 Å². The molecule has 0 aliphatic carbocycles. The lowest BCUT2D eigenvalue weighted by Gasteiger charge is -2.08. The molecule has 0 fully saturated rings. The number of esters is 1. The van der Waals surface area contributed by atoms with Crippen LogP contribution in [0.5, 0.6) is 0 Å². The topological polar surface area (TPSA) is 52.3 Å². The zero-order valence-corrected chi connectivity index (χ0v) is 11.0. The Morgan fingerprint density at radius 3 is 2.65 bits per heavy atom. The third-order valence-corrected chi connectivity index (χ3v) is 2.91. The molecule has 3 nitrogen and oxygen atoms in total. The minimum Gasteiger partial charge on any atom is -0.457 e. The number of benzene rings is 2. The first-order valence-corrected chi connectivity index (χ1v) is 6.01. The summed E-state index contributed by atoms with van der Waals surface area (Å²) in [5.41, 5.74) is 6.06. The fourth-order valence-corrected chi connectivity index (χ4v) is 1.75. The molecule has 0 unspecified atom stereocenters. The highest BCUT2D eigenvalue weighted by molar-refractivity contribution is 6.33. The summed E-state index contributed by atoms with van der Waals surface area (Å²) in [7, 11) is 0. The molecule has 0 amide bonds. The Balaban J connectivity index is 2.10. The highest BCUT2D eigenvalue weighted by Crippen LogP contribution is 2.20. The molecule has 104 valence electrons. The summed E-state index contributed by atoms with van der Waals surface area (Å²) in [5.74, 6) is -2.21. The van der Waals surface area contributed by atoms with Crippen LogP contribution in [0.2, 0.25) is 5.02 Å². The lowest BCUT2D eigenvalue weighted by atomic mass is 10.2. The fourth-order valence-electron chi connectivity index (χ4n) is 1.56. The molecule has 0 saturated heterocycles. The molecule has 0 atom stereocenters. The fraction of sp³-hybridized carbons (Fsp3) is 0.0714. The van der Waals surface area contributed by atoms with Crippen molar-refractivity contribution in [1.82, 2.24) is 0 Å². The molecule has 2 aromatic carbocycles. The molecule has 2 N–H and O–H groups in total. The van der Waals surface area contributed by atoms with Gasteiger partial charge < -0.3 is 10.5 Å². The largest absolute Gasteiger partial charge is 0.457 e. The molecule has 0 bridgehead atoms. The standard InChI is InChI=1S/C14H10ClF2NO2/c15-12-4-3-10(18)6-11(12)14(19)20-7-8-1-2-9(16)5-13(8)17/h1-6H,7,18H2. The molecule has 0 heterocycles. The van der Waals surface area contributed by atoms with E-state index in [1.807, 2.05) is 0 Å². The summed E-state index contributed by atoms with van der Waals surface area (Å²) in [4.78, 5) is 11.8. The SMILES string of the molecule is Nc1ccc(Cl)c(C(=O)OCc2ccc(F)cc2F)c1. The van der Waals surface area contributed by atoms with Crippen molar-refractivity contribution in [3.05, 3.63) is 64.2 Å². The van der Waals surface area contributed by atoms with Gasteiger partial charge in [-0.2, -0.15) is 0 Å². The monoisotopic (exact) mass is 297 g/mol. The second-order valence-electron chi connectivity index (χ2n) is 4.05. The Morgan fingerprint density at radius 1 is 1.20 bits per heavy atom. The Kier molecular flexibility index (Phi) is 4.20. The maximum absolute atomic E-state index is 13.4. The molecule has 0 aliphatic heterocycles. The van der Waals surface area contributed by atoms with Crippen LogP contribution < -0.4 is 5.73 Å². The smallest absolute Gasteiger partial charge is 0.340 e. The Bertz CT molecular complexity index is 662. The normalized spacial score (nSPS) is 10.3. The number of hydrogen-bond donors (Lipinski definition) is 1. The minimum atomic E-state index is -0.781. The van der Waals surface area contributed by atoms with Crippen LogP contribution in [0.3, 0.4) is 0 Å². The summed E-state index contributed by atoms with van der Waals surface area (Å²) in [6, 6.07) is 7.38. The minimum absolute atomic E-state index is 0.0692. The van der Waals surface area contributed by atoms with E-state index in [0.29, 0.717) is 5.69 Å². The van der Waals surface area contributed by atoms with Crippen molar-refractivity contribution in [2.45, 2.75) is 6.61 Å². The van der Waals surface area contributed by atoms with Crippen LogP contribution in [0.4, 0.5) is 14.5 Å². The van der Waals surface area contributed by atoms with Crippen molar-refractivity contribution in [3.8, 4) is 0 Å². The van der Waals surface area contributed by atoms with Gasteiger partial charge in [-0.1, -0.05) is 11.6 Å². The van der Waals surface area contributed by atoms with Gasteiger partial charge >= 0.3 is 5.97 Å². The lowest BCUT2D eigenvalue weighted by Crippen LogP contribution is -2.07. The predicted molar refractivity (Wildman–Crippen MR) is 71.3 cm³/mol. The highest BCUT2D eigenvalue weighted by atomic mass is 35.5. The van der Waals surface area contributed by atoms with Crippen molar-refractivity contribution in [2.24, 2.45) is 0 Å². The van der Waals surface area contributed by atoms with Crippen LogP contribution in [0.15, 0.2) is 36.4 Å². The number of rotatable bonds is 3. The molecule has 0 radical (unpaired) electrons. The number of ether oxygens (including phenoxy) is 1. The van der Waals surface area contributed by atoms with Gasteiger partial charge in [-0.05, 0) is 30.3 Å². The third kappa shape index (κ3) is 3.24. The molecular weight excluding hydrogens is 288 g/mol. The van der Waals surface area contributed by atoms with Crippen molar-refractivity contribution in [2.75, 3.05) is 5.73 Å². The van der Waals surface area contributed by atoms with E-state index in [1.54, 1.807) is 6.07 Å². The summed E-state index contributed by atoms with van der Waals surface area (Å²) in [6.07, 6.45) is 0. The van der Waals surface area contributed by atoms with Crippen molar-refractivity contribution in [1.29, 1.82) is 0 Å². The first-order valence-electron chi connectivity index (χ1n) is 5.63. The Hall–Kier alpha value is -2.14. The molecule has 0 aromatic heterocycles. The number of carbonyl (C=O) groups excluding carboxylic acids is 1. The van der Waals surface area contributed by atoms with Crippen LogP contribution in [0, 0.1) is 11.6 Å². The van der Waals surface area contributed by atoms with Crippen LogP contribution in [-0.2, 0) is 11.3 Å². The predicted octanol–water partition coefficient (Wildman–Crippen LogP) is 3.56. The van der Waals surface area contributed by atoms with E-state index in [0.717, 1.165) is 12.1 Å². The maximum atomic E-state index is 13.4. The van der Waals surface area contributed by atoms with Crippen LogP contribution in [0.1, 0.15) is 15.9 Å². The second kappa shape index (κ2) is 5.88. The average Bonchev–Trinajstić information content (AvgIpc) is 2.40. The zero-order chi connectivity index (χ0) is 14.7. The number of hydrogen-bond acceptors (Lipinski definition) is 3.